The molecular weight excluding hydrogens is 456 g/mol. The minimum absolute atomic E-state index is 0.0303. The van der Waals surface area contributed by atoms with Crippen LogP contribution in [0, 0.1) is 0 Å². The first-order valence-corrected chi connectivity index (χ1v) is 11.0. The van der Waals surface area contributed by atoms with E-state index in [2.05, 4.69) is 0 Å². The highest BCUT2D eigenvalue weighted by molar-refractivity contribution is 6.30. The van der Waals surface area contributed by atoms with Crippen molar-refractivity contribution in [3.8, 4) is 17.2 Å². The standard InChI is InChI=1S/C26H25ClN2O5/c1-31-21-12-17(13-22(32-2)25(21)34-4)26-28-20-11-10-18(27)14-19(20)24(16-8-6-5-7-9-16)29(26)15-23(30)33-3/h5-14,24H,15H2,1-4H3/t24-/m0/s1. The van der Waals surface area contributed by atoms with E-state index in [-0.39, 0.29) is 12.6 Å². The zero-order chi connectivity index (χ0) is 24.2. The Morgan fingerprint density at radius 2 is 1.62 bits per heavy atom. The van der Waals surface area contributed by atoms with Crippen molar-refractivity contribution in [3.05, 3.63) is 82.4 Å². The number of benzene rings is 3. The Balaban J connectivity index is 1.98. The SMILES string of the molecule is COC(=O)CN1C(c2cc(OC)c(OC)c(OC)c2)=Nc2ccc(Cl)cc2[C@@H]1c1ccccc1. The number of nitrogens with zero attached hydrogens (tertiary/aromatic N) is 2. The van der Waals surface area contributed by atoms with Crippen molar-refractivity contribution in [2.45, 2.75) is 6.04 Å². The van der Waals surface area contributed by atoms with Gasteiger partial charge in [0.1, 0.15) is 12.4 Å². The maximum atomic E-state index is 12.5. The zero-order valence-corrected chi connectivity index (χ0v) is 20.1. The molecule has 8 heteroatoms. The summed E-state index contributed by atoms with van der Waals surface area (Å²) < 4.78 is 21.6. The molecule has 0 saturated heterocycles. The summed E-state index contributed by atoms with van der Waals surface area (Å²) >= 11 is 6.37. The Morgan fingerprint density at radius 1 is 0.941 bits per heavy atom. The van der Waals surface area contributed by atoms with E-state index in [9.17, 15) is 4.79 Å². The fraction of sp³-hybridized carbons (Fsp3) is 0.231. The van der Waals surface area contributed by atoms with Crippen LogP contribution in [0.1, 0.15) is 22.7 Å². The molecule has 0 amide bonds. The highest BCUT2D eigenvalue weighted by Gasteiger charge is 2.34. The second-order valence-electron chi connectivity index (χ2n) is 7.57. The van der Waals surface area contributed by atoms with E-state index in [0.717, 1.165) is 16.8 Å². The predicted octanol–water partition coefficient (Wildman–Crippen LogP) is 5.02. The van der Waals surface area contributed by atoms with Gasteiger partial charge in [0, 0.05) is 16.1 Å². The Labute approximate surface area is 203 Å². The van der Waals surface area contributed by atoms with Crippen LogP contribution in [0.2, 0.25) is 5.02 Å². The molecular formula is C26H25ClN2O5. The largest absolute Gasteiger partial charge is 0.493 e. The van der Waals surface area contributed by atoms with Gasteiger partial charge in [-0.1, -0.05) is 41.9 Å². The van der Waals surface area contributed by atoms with Gasteiger partial charge >= 0.3 is 5.97 Å². The van der Waals surface area contributed by atoms with Gasteiger partial charge in [0.2, 0.25) is 5.75 Å². The van der Waals surface area contributed by atoms with Gasteiger partial charge in [-0.25, -0.2) is 4.99 Å². The maximum Gasteiger partial charge on any atom is 0.325 e. The van der Waals surface area contributed by atoms with Crippen LogP contribution in [0.4, 0.5) is 5.69 Å². The number of hydrogen-bond donors (Lipinski definition) is 0. The third-order valence-electron chi connectivity index (χ3n) is 5.66. The molecule has 0 fully saturated rings. The molecule has 3 aromatic rings. The molecule has 3 aromatic carbocycles. The monoisotopic (exact) mass is 480 g/mol. The smallest absolute Gasteiger partial charge is 0.325 e. The lowest BCUT2D eigenvalue weighted by Crippen LogP contribution is -2.42. The number of amidine groups is 1. The molecule has 0 radical (unpaired) electrons. The third-order valence-corrected chi connectivity index (χ3v) is 5.89. The Hall–Kier alpha value is -3.71. The van der Waals surface area contributed by atoms with Gasteiger partial charge in [-0.3, -0.25) is 4.79 Å². The van der Waals surface area contributed by atoms with Crippen LogP contribution in [0.15, 0.2) is 65.7 Å². The Morgan fingerprint density at radius 3 is 2.21 bits per heavy atom. The number of aliphatic imine (C=N–C) groups is 1. The summed E-state index contributed by atoms with van der Waals surface area (Å²) in [5, 5.41) is 0.587. The lowest BCUT2D eigenvalue weighted by Gasteiger charge is -2.38. The van der Waals surface area contributed by atoms with E-state index in [1.165, 1.54) is 7.11 Å². The van der Waals surface area contributed by atoms with Gasteiger partial charge in [0.25, 0.3) is 0 Å². The minimum atomic E-state index is -0.397. The minimum Gasteiger partial charge on any atom is -0.493 e. The van der Waals surface area contributed by atoms with Gasteiger partial charge in [0.15, 0.2) is 11.5 Å². The van der Waals surface area contributed by atoms with Crippen molar-refractivity contribution in [1.29, 1.82) is 0 Å². The van der Waals surface area contributed by atoms with Crippen LogP contribution in [-0.4, -0.2) is 51.7 Å². The summed E-state index contributed by atoms with van der Waals surface area (Å²) in [4.78, 5) is 19.4. The fourth-order valence-electron chi connectivity index (χ4n) is 4.12. The van der Waals surface area contributed by atoms with Crippen LogP contribution in [0.3, 0.4) is 0 Å². The molecule has 0 bridgehead atoms. The highest BCUT2D eigenvalue weighted by Crippen LogP contribution is 2.44. The molecule has 0 spiro atoms. The van der Waals surface area contributed by atoms with Crippen molar-refractivity contribution in [3.63, 3.8) is 0 Å². The van der Waals surface area contributed by atoms with E-state index < -0.39 is 5.97 Å². The van der Waals surface area contributed by atoms with Crippen LogP contribution < -0.4 is 14.2 Å². The number of carbonyl (C=O) groups excluding carboxylic acids is 1. The first-order valence-electron chi connectivity index (χ1n) is 10.6. The number of rotatable bonds is 7. The molecule has 1 atom stereocenters. The molecule has 34 heavy (non-hydrogen) atoms. The topological polar surface area (TPSA) is 69.6 Å². The second-order valence-corrected chi connectivity index (χ2v) is 8.01. The molecule has 0 aliphatic carbocycles. The molecule has 1 aliphatic heterocycles. The summed E-state index contributed by atoms with van der Waals surface area (Å²) in [7, 11) is 6.03. The molecule has 176 valence electrons. The summed E-state index contributed by atoms with van der Waals surface area (Å²) in [6.45, 7) is -0.0303. The number of methoxy groups -OCH3 is 4. The first-order chi connectivity index (χ1) is 16.5. The van der Waals surface area contributed by atoms with Gasteiger partial charge in [-0.2, -0.15) is 0 Å². The van der Waals surface area contributed by atoms with Crippen molar-refractivity contribution < 1.29 is 23.7 Å². The number of ether oxygens (including phenoxy) is 4. The van der Waals surface area contributed by atoms with Crippen molar-refractivity contribution in [2.75, 3.05) is 35.0 Å². The average Bonchev–Trinajstić information content (AvgIpc) is 2.87. The average molecular weight is 481 g/mol. The normalized spacial score (nSPS) is 14.7. The molecule has 0 saturated carbocycles. The second kappa shape index (κ2) is 10.1. The summed E-state index contributed by atoms with van der Waals surface area (Å²) in [5.74, 6) is 1.60. The molecule has 0 unspecified atom stereocenters. The number of hydrogen-bond acceptors (Lipinski definition) is 7. The lowest BCUT2D eigenvalue weighted by atomic mass is 9.92. The Bertz CT molecular complexity index is 1200. The van der Waals surface area contributed by atoms with E-state index in [0.29, 0.717) is 33.7 Å². The quantitative estimate of drug-likeness (QED) is 0.442. The Kier molecular flexibility index (Phi) is 6.93. The highest BCUT2D eigenvalue weighted by atomic mass is 35.5. The predicted molar refractivity (Wildman–Crippen MR) is 131 cm³/mol. The van der Waals surface area contributed by atoms with Crippen LogP contribution in [0.5, 0.6) is 17.2 Å². The van der Waals surface area contributed by atoms with E-state index in [1.807, 2.05) is 59.5 Å². The number of esters is 1. The summed E-state index contributed by atoms with van der Waals surface area (Å²) in [6, 6.07) is 18.7. The molecule has 4 rings (SSSR count). The maximum absolute atomic E-state index is 12.5. The van der Waals surface area contributed by atoms with Gasteiger partial charge in [0.05, 0.1) is 40.2 Å². The van der Waals surface area contributed by atoms with Crippen LogP contribution in [-0.2, 0) is 9.53 Å². The fourth-order valence-corrected chi connectivity index (χ4v) is 4.30. The number of halogens is 1. The molecule has 1 heterocycles. The number of carbonyl (C=O) groups is 1. The van der Waals surface area contributed by atoms with Crippen molar-refractivity contribution in [1.82, 2.24) is 4.90 Å². The third kappa shape index (κ3) is 4.39. The first kappa shape index (κ1) is 23.4. The molecule has 7 nitrogen and oxygen atoms in total. The molecule has 1 aliphatic rings. The van der Waals surface area contributed by atoms with Crippen molar-refractivity contribution >= 4 is 29.1 Å². The van der Waals surface area contributed by atoms with Crippen molar-refractivity contribution in [2.24, 2.45) is 4.99 Å². The van der Waals surface area contributed by atoms with Gasteiger partial charge in [-0.05, 0) is 35.9 Å². The lowest BCUT2D eigenvalue weighted by molar-refractivity contribution is -0.141. The summed E-state index contributed by atoms with van der Waals surface area (Å²) in [6.07, 6.45) is 0. The molecule has 0 aromatic heterocycles. The number of fused-ring (bicyclic) bond motifs is 1. The van der Waals surface area contributed by atoms with Gasteiger partial charge < -0.3 is 23.8 Å². The zero-order valence-electron chi connectivity index (χ0n) is 19.4. The van der Waals surface area contributed by atoms with E-state index in [4.69, 9.17) is 35.5 Å². The van der Waals surface area contributed by atoms with Gasteiger partial charge in [-0.15, -0.1) is 0 Å². The van der Waals surface area contributed by atoms with E-state index >= 15 is 0 Å². The summed E-state index contributed by atoms with van der Waals surface area (Å²) in [5.41, 5.74) is 3.32. The van der Waals surface area contributed by atoms with Crippen LogP contribution >= 0.6 is 11.6 Å². The molecule has 0 N–H and O–H groups in total. The van der Waals surface area contributed by atoms with Crippen LogP contribution in [0.25, 0.3) is 0 Å². The van der Waals surface area contributed by atoms with E-state index in [1.54, 1.807) is 27.4 Å².